The predicted octanol–water partition coefficient (Wildman–Crippen LogP) is -0.275. The van der Waals surface area contributed by atoms with E-state index in [1.165, 1.54) is 12.8 Å². The first kappa shape index (κ1) is 8.97. The molecule has 1 amide bonds. The Hall–Kier alpha value is -0.610. The Morgan fingerprint density at radius 2 is 2.31 bits per heavy atom. The summed E-state index contributed by atoms with van der Waals surface area (Å²) in [5.74, 6) is -0.221. The van der Waals surface area contributed by atoms with Crippen molar-refractivity contribution in [3.8, 4) is 0 Å². The highest BCUT2D eigenvalue weighted by Crippen LogP contribution is 2.30. The van der Waals surface area contributed by atoms with Crippen LogP contribution in [-0.4, -0.2) is 42.6 Å². The molecular formula is C9H16N2O2. The highest BCUT2D eigenvalue weighted by atomic mass is 16.5. The van der Waals surface area contributed by atoms with E-state index in [4.69, 9.17) is 10.5 Å². The maximum Gasteiger partial charge on any atom is 0.219 e. The van der Waals surface area contributed by atoms with Crippen molar-refractivity contribution in [3.05, 3.63) is 0 Å². The average molecular weight is 184 g/mol. The van der Waals surface area contributed by atoms with Gasteiger partial charge >= 0.3 is 0 Å². The third-order valence-electron chi connectivity index (χ3n) is 2.73. The van der Waals surface area contributed by atoms with Crippen LogP contribution >= 0.6 is 0 Å². The number of nitrogens with zero attached hydrogens (tertiary/aromatic N) is 1. The summed E-state index contributed by atoms with van der Waals surface area (Å²) in [7, 11) is 0. The Labute approximate surface area is 78.0 Å². The molecule has 13 heavy (non-hydrogen) atoms. The van der Waals surface area contributed by atoms with Gasteiger partial charge in [0.05, 0.1) is 13.2 Å². The molecule has 0 spiro atoms. The van der Waals surface area contributed by atoms with Gasteiger partial charge in [-0.05, 0) is 12.8 Å². The van der Waals surface area contributed by atoms with E-state index in [0.29, 0.717) is 19.1 Å². The molecule has 1 aliphatic heterocycles. The molecule has 4 heteroatoms. The van der Waals surface area contributed by atoms with Crippen molar-refractivity contribution in [2.75, 3.05) is 19.8 Å². The minimum absolute atomic E-state index is 0.221. The second-order valence-corrected chi connectivity index (χ2v) is 3.87. The van der Waals surface area contributed by atoms with Crippen LogP contribution in [-0.2, 0) is 9.53 Å². The van der Waals surface area contributed by atoms with Crippen LogP contribution in [0.2, 0.25) is 0 Å². The average Bonchev–Trinajstić information content (AvgIpc) is 2.87. The second-order valence-electron chi connectivity index (χ2n) is 3.87. The first-order valence-electron chi connectivity index (χ1n) is 4.89. The minimum atomic E-state index is -0.221. The molecule has 2 N–H and O–H groups in total. The number of ether oxygens (including phenoxy) is 1. The van der Waals surface area contributed by atoms with Crippen molar-refractivity contribution in [2.24, 2.45) is 5.73 Å². The largest absolute Gasteiger partial charge is 0.378 e. The number of primary amides is 1. The van der Waals surface area contributed by atoms with Crippen molar-refractivity contribution < 1.29 is 9.53 Å². The van der Waals surface area contributed by atoms with Gasteiger partial charge in [-0.2, -0.15) is 0 Å². The zero-order chi connectivity index (χ0) is 9.26. The first-order valence-corrected chi connectivity index (χ1v) is 4.89. The van der Waals surface area contributed by atoms with Gasteiger partial charge in [-0.25, -0.2) is 0 Å². The highest BCUT2D eigenvalue weighted by Gasteiger charge is 2.36. The molecular weight excluding hydrogens is 168 g/mol. The summed E-state index contributed by atoms with van der Waals surface area (Å²) in [5, 5.41) is 0. The molecule has 1 saturated heterocycles. The lowest BCUT2D eigenvalue weighted by molar-refractivity contribution is -0.121. The van der Waals surface area contributed by atoms with Gasteiger partial charge < -0.3 is 10.5 Å². The van der Waals surface area contributed by atoms with Crippen molar-refractivity contribution >= 4 is 5.91 Å². The monoisotopic (exact) mass is 184 g/mol. The number of rotatable bonds is 3. The van der Waals surface area contributed by atoms with Crippen LogP contribution in [0.25, 0.3) is 0 Å². The molecule has 0 aromatic carbocycles. The van der Waals surface area contributed by atoms with E-state index in [1.807, 2.05) is 0 Å². The lowest BCUT2D eigenvalue weighted by Gasteiger charge is -2.35. The van der Waals surface area contributed by atoms with E-state index in [9.17, 15) is 4.79 Å². The van der Waals surface area contributed by atoms with E-state index in [-0.39, 0.29) is 11.9 Å². The Morgan fingerprint density at radius 1 is 1.54 bits per heavy atom. The summed E-state index contributed by atoms with van der Waals surface area (Å²) >= 11 is 0. The smallest absolute Gasteiger partial charge is 0.219 e. The van der Waals surface area contributed by atoms with Crippen LogP contribution in [0.4, 0.5) is 0 Å². The molecule has 2 aliphatic rings. The third kappa shape index (κ3) is 2.19. The number of hydrogen-bond acceptors (Lipinski definition) is 3. The SMILES string of the molecule is NC(=O)CC1COCCN1C1CC1. The normalized spacial score (nSPS) is 30.3. The van der Waals surface area contributed by atoms with Crippen LogP contribution in [0.3, 0.4) is 0 Å². The predicted molar refractivity (Wildman–Crippen MR) is 48.1 cm³/mol. The lowest BCUT2D eigenvalue weighted by Crippen LogP contribution is -2.48. The number of morpholine rings is 1. The molecule has 2 rings (SSSR count). The standard InChI is InChI=1S/C9H16N2O2/c10-9(12)5-8-6-13-4-3-11(8)7-1-2-7/h7-8H,1-6H2,(H2,10,12). The summed E-state index contributed by atoms with van der Waals surface area (Å²) in [4.78, 5) is 13.2. The Morgan fingerprint density at radius 3 is 2.92 bits per heavy atom. The van der Waals surface area contributed by atoms with Crippen molar-refractivity contribution in [2.45, 2.75) is 31.3 Å². The number of amides is 1. The van der Waals surface area contributed by atoms with Crippen LogP contribution in [0.1, 0.15) is 19.3 Å². The number of hydrogen-bond donors (Lipinski definition) is 1. The van der Waals surface area contributed by atoms with Gasteiger partial charge in [0.25, 0.3) is 0 Å². The van der Waals surface area contributed by atoms with Crippen molar-refractivity contribution in [1.82, 2.24) is 4.90 Å². The highest BCUT2D eigenvalue weighted by molar-refractivity contribution is 5.74. The van der Waals surface area contributed by atoms with Crippen LogP contribution in [0.15, 0.2) is 0 Å². The van der Waals surface area contributed by atoms with E-state index >= 15 is 0 Å². The molecule has 0 aromatic heterocycles. The van der Waals surface area contributed by atoms with E-state index in [1.54, 1.807) is 0 Å². The fourth-order valence-electron chi connectivity index (χ4n) is 1.96. The lowest BCUT2D eigenvalue weighted by atomic mass is 10.1. The zero-order valence-corrected chi connectivity index (χ0v) is 7.74. The molecule has 1 unspecified atom stereocenters. The van der Waals surface area contributed by atoms with Gasteiger partial charge in [-0.1, -0.05) is 0 Å². The van der Waals surface area contributed by atoms with Crippen LogP contribution in [0.5, 0.6) is 0 Å². The van der Waals surface area contributed by atoms with E-state index < -0.39 is 0 Å². The summed E-state index contributed by atoms with van der Waals surface area (Å²) in [6.07, 6.45) is 2.99. The molecule has 2 fully saturated rings. The molecule has 74 valence electrons. The summed E-state index contributed by atoms with van der Waals surface area (Å²) in [6.45, 7) is 2.42. The summed E-state index contributed by atoms with van der Waals surface area (Å²) < 4.78 is 5.34. The summed E-state index contributed by atoms with van der Waals surface area (Å²) in [6, 6.07) is 0.937. The van der Waals surface area contributed by atoms with Crippen LogP contribution in [0, 0.1) is 0 Å². The second kappa shape index (κ2) is 3.64. The van der Waals surface area contributed by atoms with Gasteiger partial charge in [-0.3, -0.25) is 9.69 Å². The Balaban J connectivity index is 1.91. The minimum Gasteiger partial charge on any atom is -0.378 e. The van der Waals surface area contributed by atoms with Gasteiger partial charge in [0.1, 0.15) is 0 Å². The van der Waals surface area contributed by atoms with E-state index in [0.717, 1.165) is 13.2 Å². The molecule has 0 radical (unpaired) electrons. The zero-order valence-electron chi connectivity index (χ0n) is 7.74. The maximum atomic E-state index is 10.8. The number of nitrogens with two attached hydrogens (primary N) is 1. The van der Waals surface area contributed by atoms with E-state index in [2.05, 4.69) is 4.90 Å². The van der Waals surface area contributed by atoms with Gasteiger partial charge in [-0.15, -0.1) is 0 Å². The Bertz CT molecular complexity index is 204. The fraction of sp³-hybridized carbons (Fsp3) is 0.889. The molecule has 1 heterocycles. The van der Waals surface area contributed by atoms with Crippen molar-refractivity contribution in [3.63, 3.8) is 0 Å². The van der Waals surface area contributed by atoms with Gasteiger partial charge in [0.2, 0.25) is 5.91 Å². The molecule has 1 saturated carbocycles. The third-order valence-corrected chi connectivity index (χ3v) is 2.73. The maximum absolute atomic E-state index is 10.8. The summed E-state index contributed by atoms with van der Waals surface area (Å²) in [5.41, 5.74) is 5.18. The van der Waals surface area contributed by atoms with Crippen molar-refractivity contribution in [1.29, 1.82) is 0 Å². The topological polar surface area (TPSA) is 55.6 Å². The molecule has 0 bridgehead atoms. The molecule has 0 aromatic rings. The Kier molecular flexibility index (Phi) is 2.51. The van der Waals surface area contributed by atoms with Crippen LogP contribution < -0.4 is 5.73 Å². The number of carbonyl (C=O) groups excluding carboxylic acids is 1. The fourth-order valence-corrected chi connectivity index (χ4v) is 1.96. The van der Waals surface area contributed by atoms with Gasteiger partial charge in [0, 0.05) is 25.0 Å². The molecule has 1 aliphatic carbocycles. The quantitative estimate of drug-likeness (QED) is 0.656. The van der Waals surface area contributed by atoms with Gasteiger partial charge in [0.15, 0.2) is 0 Å². The first-order chi connectivity index (χ1) is 6.27. The molecule has 1 atom stereocenters. The number of carbonyl (C=O) groups is 1. The molecule has 4 nitrogen and oxygen atoms in total.